The first kappa shape index (κ1) is 19.3. The van der Waals surface area contributed by atoms with E-state index in [1.807, 2.05) is 41.4 Å². The molecule has 158 valence electrons. The van der Waals surface area contributed by atoms with Gasteiger partial charge in [0.2, 0.25) is 6.23 Å². The molecule has 2 heterocycles. The minimum Gasteiger partial charge on any atom is -0.507 e. The van der Waals surface area contributed by atoms with Gasteiger partial charge in [-0.2, -0.15) is 5.10 Å². The number of fused-ring (bicyclic) bond motifs is 3. The Kier molecular flexibility index (Phi) is 4.70. The number of phenolic OH excluding ortho intramolecular Hbond substituents is 1. The lowest BCUT2D eigenvalue weighted by atomic mass is 9.95. The molecule has 2 aliphatic heterocycles. The van der Waals surface area contributed by atoms with Crippen molar-refractivity contribution in [2.24, 2.45) is 5.10 Å². The molecule has 0 aromatic heterocycles. The van der Waals surface area contributed by atoms with Crippen LogP contribution < -0.4 is 14.2 Å². The maximum atomic E-state index is 10.5. The van der Waals surface area contributed by atoms with E-state index in [9.17, 15) is 5.11 Å². The number of aryl methyl sites for hydroxylation is 1. The fourth-order valence-electron chi connectivity index (χ4n) is 4.32. The van der Waals surface area contributed by atoms with Gasteiger partial charge < -0.3 is 19.3 Å². The molecule has 3 aromatic carbocycles. The zero-order chi connectivity index (χ0) is 21.5. The lowest BCUT2D eigenvalue weighted by molar-refractivity contribution is -0.0209. The fourth-order valence-corrected chi connectivity index (χ4v) is 4.32. The van der Waals surface area contributed by atoms with Crippen molar-refractivity contribution in [1.82, 2.24) is 5.01 Å². The Labute approximate surface area is 181 Å². The van der Waals surface area contributed by atoms with E-state index in [-0.39, 0.29) is 11.8 Å². The topological polar surface area (TPSA) is 63.5 Å². The van der Waals surface area contributed by atoms with Gasteiger partial charge in [0.05, 0.1) is 26.0 Å². The van der Waals surface area contributed by atoms with Gasteiger partial charge in [-0.05, 0) is 31.2 Å². The number of nitrogens with zero attached hydrogens (tertiary/aromatic N) is 2. The zero-order valence-electron chi connectivity index (χ0n) is 17.7. The van der Waals surface area contributed by atoms with Crippen LogP contribution in [0.2, 0.25) is 0 Å². The summed E-state index contributed by atoms with van der Waals surface area (Å²) in [5.41, 5.74) is 4.64. The van der Waals surface area contributed by atoms with E-state index in [0.29, 0.717) is 23.5 Å². The Morgan fingerprint density at radius 3 is 2.65 bits per heavy atom. The quantitative estimate of drug-likeness (QED) is 0.651. The van der Waals surface area contributed by atoms with Crippen LogP contribution in [-0.2, 0) is 0 Å². The second kappa shape index (κ2) is 7.54. The van der Waals surface area contributed by atoms with Crippen molar-refractivity contribution < 1.29 is 19.3 Å². The molecule has 0 radical (unpaired) electrons. The van der Waals surface area contributed by atoms with Crippen molar-refractivity contribution in [3.05, 3.63) is 82.9 Å². The summed E-state index contributed by atoms with van der Waals surface area (Å²) in [6, 6.07) is 19.3. The van der Waals surface area contributed by atoms with Gasteiger partial charge in [-0.15, -0.1) is 0 Å². The summed E-state index contributed by atoms with van der Waals surface area (Å²) >= 11 is 0. The van der Waals surface area contributed by atoms with Crippen LogP contribution in [0.4, 0.5) is 0 Å². The van der Waals surface area contributed by atoms with Crippen molar-refractivity contribution in [1.29, 1.82) is 0 Å². The predicted octanol–water partition coefficient (Wildman–Crippen LogP) is 4.96. The highest BCUT2D eigenvalue weighted by Gasteiger charge is 2.42. The van der Waals surface area contributed by atoms with E-state index in [2.05, 4.69) is 19.1 Å². The number of hydrogen-bond acceptors (Lipinski definition) is 6. The second-order valence-electron chi connectivity index (χ2n) is 7.79. The molecule has 3 aromatic rings. The summed E-state index contributed by atoms with van der Waals surface area (Å²) in [6.07, 6.45) is 0.228. The third kappa shape index (κ3) is 3.24. The van der Waals surface area contributed by atoms with Crippen LogP contribution in [0.15, 0.2) is 65.8 Å². The summed E-state index contributed by atoms with van der Waals surface area (Å²) in [4.78, 5) is 0. The maximum absolute atomic E-state index is 10.5. The number of methoxy groups -OCH3 is 2. The van der Waals surface area contributed by atoms with Crippen LogP contribution in [0.25, 0.3) is 0 Å². The van der Waals surface area contributed by atoms with Crippen molar-refractivity contribution in [3.8, 4) is 23.0 Å². The molecule has 0 saturated carbocycles. The van der Waals surface area contributed by atoms with Gasteiger partial charge in [0.15, 0.2) is 11.5 Å². The molecule has 5 rings (SSSR count). The third-order valence-electron chi connectivity index (χ3n) is 5.84. The summed E-state index contributed by atoms with van der Waals surface area (Å²) < 4.78 is 17.4. The Morgan fingerprint density at radius 1 is 1.03 bits per heavy atom. The molecule has 0 spiro atoms. The van der Waals surface area contributed by atoms with Crippen LogP contribution >= 0.6 is 0 Å². The first-order valence-corrected chi connectivity index (χ1v) is 10.2. The molecule has 0 saturated heterocycles. The minimum atomic E-state index is -0.404. The molecular formula is C25H24N2O4. The van der Waals surface area contributed by atoms with E-state index >= 15 is 0 Å². The lowest BCUT2D eigenvalue weighted by Gasteiger charge is -2.38. The van der Waals surface area contributed by atoms with Gasteiger partial charge in [-0.25, -0.2) is 5.01 Å². The molecule has 6 heteroatoms. The number of aromatic hydroxyl groups is 1. The number of hydrazone groups is 1. The van der Waals surface area contributed by atoms with E-state index < -0.39 is 6.23 Å². The van der Waals surface area contributed by atoms with Gasteiger partial charge in [0.25, 0.3) is 0 Å². The average Bonchev–Trinajstić information content (AvgIpc) is 3.24. The van der Waals surface area contributed by atoms with Gasteiger partial charge >= 0.3 is 0 Å². The van der Waals surface area contributed by atoms with E-state index in [0.717, 1.165) is 28.2 Å². The average molecular weight is 416 g/mol. The molecule has 0 unspecified atom stereocenters. The number of ether oxygens (including phenoxy) is 3. The highest BCUT2D eigenvalue weighted by molar-refractivity contribution is 6.04. The van der Waals surface area contributed by atoms with Crippen LogP contribution in [0.1, 0.15) is 40.9 Å². The summed E-state index contributed by atoms with van der Waals surface area (Å²) in [7, 11) is 3.26. The number of hydrogen-bond donors (Lipinski definition) is 1. The summed E-state index contributed by atoms with van der Waals surface area (Å²) in [5.74, 6) is 2.30. The smallest absolute Gasteiger partial charge is 0.214 e. The van der Waals surface area contributed by atoms with Crippen LogP contribution in [0.3, 0.4) is 0 Å². The number of rotatable bonds is 4. The lowest BCUT2D eigenvalue weighted by Crippen LogP contribution is -2.33. The Bertz CT molecular complexity index is 1170. The molecule has 0 amide bonds. The second-order valence-corrected chi connectivity index (χ2v) is 7.79. The molecule has 2 aliphatic rings. The SMILES string of the molecule is COc1ccc(O)c(C2=NN3[C@H](C2)c2cccc(OC)c2O[C@@H]3c2cccc(C)c2)c1. The van der Waals surface area contributed by atoms with Gasteiger partial charge in [-0.1, -0.05) is 42.0 Å². The normalized spacial score (nSPS) is 19.2. The zero-order valence-corrected chi connectivity index (χ0v) is 17.7. The van der Waals surface area contributed by atoms with Crippen molar-refractivity contribution >= 4 is 5.71 Å². The number of para-hydroxylation sites is 1. The largest absolute Gasteiger partial charge is 0.507 e. The van der Waals surface area contributed by atoms with Crippen LogP contribution in [0, 0.1) is 6.92 Å². The van der Waals surface area contributed by atoms with Crippen molar-refractivity contribution in [2.45, 2.75) is 25.6 Å². The highest BCUT2D eigenvalue weighted by atomic mass is 16.5. The molecule has 0 aliphatic carbocycles. The molecule has 2 atom stereocenters. The van der Waals surface area contributed by atoms with Gasteiger partial charge in [0.1, 0.15) is 11.5 Å². The number of phenols is 1. The predicted molar refractivity (Wildman–Crippen MR) is 118 cm³/mol. The minimum absolute atomic E-state index is 0.0371. The van der Waals surface area contributed by atoms with E-state index in [4.69, 9.17) is 19.3 Å². The third-order valence-corrected chi connectivity index (χ3v) is 5.84. The molecule has 1 N–H and O–H groups in total. The summed E-state index contributed by atoms with van der Waals surface area (Å²) in [5, 5.41) is 17.4. The molecule has 31 heavy (non-hydrogen) atoms. The molecule has 0 fully saturated rings. The fraction of sp³-hybridized carbons (Fsp3) is 0.240. The Balaban J connectivity index is 1.64. The number of benzene rings is 3. The highest BCUT2D eigenvalue weighted by Crippen LogP contribution is 2.51. The Morgan fingerprint density at radius 2 is 1.87 bits per heavy atom. The van der Waals surface area contributed by atoms with Crippen LogP contribution in [0.5, 0.6) is 23.0 Å². The summed E-state index contributed by atoms with van der Waals surface area (Å²) in [6.45, 7) is 2.06. The standard InChI is InChI=1S/C25H24N2O4/c1-15-6-4-7-16(12-15)25-27-21(18-8-5-9-23(30-3)24(18)31-25)14-20(26-27)19-13-17(29-2)10-11-22(19)28/h4-13,21,25,28H,14H2,1-3H3/t21-,25-/m1/s1. The molecule has 6 nitrogen and oxygen atoms in total. The van der Waals surface area contributed by atoms with Gasteiger partial charge in [-0.3, -0.25) is 0 Å². The maximum Gasteiger partial charge on any atom is 0.214 e. The van der Waals surface area contributed by atoms with E-state index in [1.165, 1.54) is 0 Å². The molecule has 0 bridgehead atoms. The van der Waals surface area contributed by atoms with Crippen molar-refractivity contribution in [3.63, 3.8) is 0 Å². The monoisotopic (exact) mass is 416 g/mol. The van der Waals surface area contributed by atoms with Gasteiger partial charge in [0, 0.05) is 23.1 Å². The molecular weight excluding hydrogens is 392 g/mol. The first-order valence-electron chi connectivity index (χ1n) is 10.2. The van der Waals surface area contributed by atoms with Crippen molar-refractivity contribution in [2.75, 3.05) is 14.2 Å². The van der Waals surface area contributed by atoms with Crippen LogP contribution in [-0.4, -0.2) is 30.0 Å². The van der Waals surface area contributed by atoms with E-state index in [1.54, 1.807) is 26.4 Å². The first-order chi connectivity index (χ1) is 15.1. The Hall–Kier alpha value is -3.67.